The number of benzene rings is 2. The molecule has 21 heavy (non-hydrogen) atoms. The smallest absolute Gasteiger partial charge is 0.0635 e. The van der Waals surface area contributed by atoms with Crippen molar-refractivity contribution in [2.75, 3.05) is 6.54 Å². The summed E-state index contributed by atoms with van der Waals surface area (Å²) in [5.41, 5.74) is 4.19. The van der Waals surface area contributed by atoms with Crippen LogP contribution in [-0.2, 0) is 6.54 Å². The lowest BCUT2D eigenvalue weighted by molar-refractivity contribution is 0.172. The molecule has 0 spiro atoms. The molecule has 106 valence electrons. The fraction of sp³-hybridized carbons (Fsp3) is 0.316. The van der Waals surface area contributed by atoms with Gasteiger partial charge in [0.05, 0.1) is 6.07 Å². The highest BCUT2D eigenvalue weighted by Gasteiger charge is 2.32. The van der Waals surface area contributed by atoms with Gasteiger partial charge in [-0.25, -0.2) is 0 Å². The van der Waals surface area contributed by atoms with Gasteiger partial charge >= 0.3 is 0 Å². The highest BCUT2D eigenvalue weighted by Crippen LogP contribution is 2.37. The number of hydrogen-bond acceptors (Lipinski definition) is 2. The molecule has 0 saturated carbocycles. The van der Waals surface area contributed by atoms with Crippen LogP contribution in [0.2, 0.25) is 0 Å². The van der Waals surface area contributed by atoms with Crippen LogP contribution in [0, 0.1) is 11.3 Å². The summed E-state index contributed by atoms with van der Waals surface area (Å²) in [4.78, 5) is 2.43. The van der Waals surface area contributed by atoms with Gasteiger partial charge in [0.1, 0.15) is 0 Å². The van der Waals surface area contributed by atoms with Crippen LogP contribution in [0.1, 0.15) is 36.0 Å². The Morgan fingerprint density at radius 2 is 1.81 bits per heavy atom. The topological polar surface area (TPSA) is 27.0 Å². The lowest BCUT2D eigenvalue weighted by atomic mass is 9.79. The van der Waals surface area contributed by atoms with Crippen molar-refractivity contribution in [3.8, 4) is 6.07 Å². The van der Waals surface area contributed by atoms with E-state index in [1.807, 2.05) is 0 Å². The van der Waals surface area contributed by atoms with E-state index in [0.29, 0.717) is 18.4 Å². The van der Waals surface area contributed by atoms with Gasteiger partial charge in [0.15, 0.2) is 0 Å². The molecule has 0 amide bonds. The minimum absolute atomic E-state index is 0.384. The Labute approximate surface area is 126 Å². The van der Waals surface area contributed by atoms with Gasteiger partial charge in [-0.05, 0) is 23.6 Å². The van der Waals surface area contributed by atoms with Crippen LogP contribution >= 0.6 is 0 Å². The van der Waals surface area contributed by atoms with Crippen molar-refractivity contribution >= 4 is 0 Å². The predicted octanol–water partition coefficient (Wildman–Crippen LogP) is 3.94. The second kappa shape index (κ2) is 6.11. The Bertz CT molecular complexity index is 642. The normalized spacial score (nSPS) is 21.5. The number of hydrogen-bond donors (Lipinski definition) is 0. The van der Waals surface area contributed by atoms with Gasteiger partial charge < -0.3 is 0 Å². The number of rotatable bonds is 3. The third-order valence-electron chi connectivity index (χ3n) is 4.49. The van der Waals surface area contributed by atoms with Crippen molar-refractivity contribution in [2.24, 2.45) is 0 Å². The van der Waals surface area contributed by atoms with Gasteiger partial charge in [-0.15, -0.1) is 0 Å². The Kier molecular flexibility index (Phi) is 4.03. The van der Waals surface area contributed by atoms with Crippen molar-refractivity contribution in [3.63, 3.8) is 0 Å². The van der Waals surface area contributed by atoms with E-state index in [4.69, 9.17) is 5.26 Å². The van der Waals surface area contributed by atoms with Crippen molar-refractivity contribution in [3.05, 3.63) is 71.3 Å². The molecule has 1 aliphatic heterocycles. The summed E-state index contributed by atoms with van der Waals surface area (Å²) in [6.45, 7) is 4.07. The summed E-state index contributed by atoms with van der Waals surface area (Å²) in [7, 11) is 0. The Hall–Kier alpha value is -2.11. The number of nitrogens with zero attached hydrogens (tertiary/aromatic N) is 2. The van der Waals surface area contributed by atoms with Crippen LogP contribution in [0.4, 0.5) is 0 Å². The zero-order chi connectivity index (χ0) is 14.7. The summed E-state index contributed by atoms with van der Waals surface area (Å²) in [6.07, 6.45) is 0.591. The predicted molar refractivity (Wildman–Crippen MR) is 84.8 cm³/mol. The van der Waals surface area contributed by atoms with Crippen molar-refractivity contribution in [1.29, 1.82) is 5.26 Å². The van der Waals surface area contributed by atoms with Crippen LogP contribution in [0.5, 0.6) is 0 Å². The molecule has 0 aliphatic carbocycles. The van der Waals surface area contributed by atoms with E-state index in [1.54, 1.807) is 0 Å². The average Bonchev–Trinajstić information content (AvgIpc) is 2.54. The van der Waals surface area contributed by atoms with Gasteiger partial charge in [0, 0.05) is 31.5 Å². The molecular formula is C19H20N2. The zero-order valence-corrected chi connectivity index (χ0v) is 12.4. The number of nitriles is 1. The lowest BCUT2D eigenvalue weighted by Crippen LogP contribution is -2.42. The standard InChI is InChI=1S/C19H20N2/c1-15-19(16-8-3-2-4-9-16)18-11-6-5-10-17(18)14-21(15)13-7-12-20/h2-6,8-11,15,19H,7,13-14H2,1H3. The largest absolute Gasteiger partial charge is 0.294 e. The average molecular weight is 276 g/mol. The monoisotopic (exact) mass is 276 g/mol. The summed E-state index contributed by atoms with van der Waals surface area (Å²) in [6, 6.07) is 22.1. The first-order chi connectivity index (χ1) is 10.3. The van der Waals surface area contributed by atoms with Crippen LogP contribution in [-0.4, -0.2) is 17.5 Å². The van der Waals surface area contributed by atoms with Crippen molar-refractivity contribution in [2.45, 2.75) is 31.8 Å². The summed E-state index contributed by atoms with van der Waals surface area (Å²) in [5.74, 6) is 0.384. The van der Waals surface area contributed by atoms with Gasteiger partial charge in [0.2, 0.25) is 0 Å². The van der Waals surface area contributed by atoms with E-state index < -0.39 is 0 Å². The quantitative estimate of drug-likeness (QED) is 0.849. The lowest BCUT2D eigenvalue weighted by Gasteiger charge is -2.41. The molecule has 0 bridgehead atoms. The minimum atomic E-state index is 0.384. The van der Waals surface area contributed by atoms with Crippen molar-refractivity contribution in [1.82, 2.24) is 4.90 Å². The summed E-state index contributed by atoms with van der Waals surface area (Å²) < 4.78 is 0. The first-order valence-corrected chi connectivity index (χ1v) is 7.55. The highest BCUT2D eigenvalue weighted by molar-refractivity contribution is 5.41. The Balaban J connectivity index is 2.01. The second-order valence-corrected chi connectivity index (χ2v) is 5.71. The maximum atomic E-state index is 8.88. The molecule has 2 atom stereocenters. The maximum Gasteiger partial charge on any atom is 0.0635 e. The van der Waals surface area contributed by atoms with Gasteiger partial charge in [0.25, 0.3) is 0 Å². The molecule has 0 radical (unpaired) electrons. The molecule has 2 aromatic rings. The highest BCUT2D eigenvalue weighted by atomic mass is 15.2. The van der Waals surface area contributed by atoms with E-state index in [-0.39, 0.29) is 0 Å². The van der Waals surface area contributed by atoms with Crippen LogP contribution in [0.15, 0.2) is 54.6 Å². The molecule has 0 fully saturated rings. The molecule has 0 N–H and O–H groups in total. The van der Waals surface area contributed by atoms with Gasteiger partial charge in [-0.2, -0.15) is 5.26 Å². The molecular weight excluding hydrogens is 256 g/mol. The fourth-order valence-corrected chi connectivity index (χ4v) is 3.41. The van der Waals surface area contributed by atoms with E-state index in [9.17, 15) is 0 Å². The first kappa shape index (κ1) is 13.9. The maximum absolute atomic E-state index is 8.88. The Morgan fingerprint density at radius 3 is 2.57 bits per heavy atom. The molecule has 1 aliphatic rings. The van der Waals surface area contributed by atoms with Gasteiger partial charge in [-0.1, -0.05) is 54.6 Å². The Morgan fingerprint density at radius 1 is 1.10 bits per heavy atom. The molecule has 2 unspecified atom stereocenters. The van der Waals surface area contributed by atoms with E-state index in [2.05, 4.69) is 72.5 Å². The van der Waals surface area contributed by atoms with E-state index >= 15 is 0 Å². The molecule has 2 heteroatoms. The van der Waals surface area contributed by atoms with E-state index in [1.165, 1.54) is 16.7 Å². The molecule has 2 nitrogen and oxygen atoms in total. The van der Waals surface area contributed by atoms with Crippen LogP contribution in [0.3, 0.4) is 0 Å². The summed E-state index contributed by atoms with van der Waals surface area (Å²) >= 11 is 0. The molecule has 0 saturated heterocycles. The summed E-state index contributed by atoms with van der Waals surface area (Å²) in [5, 5.41) is 8.88. The zero-order valence-electron chi connectivity index (χ0n) is 12.4. The molecule has 0 aromatic heterocycles. The van der Waals surface area contributed by atoms with E-state index in [0.717, 1.165) is 13.1 Å². The van der Waals surface area contributed by atoms with Crippen LogP contribution in [0.25, 0.3) is 0 Å². The third kappa shape index (κ3) is 2.70. The first-order valence-electron chi connectivity index (χ1n) is 7.55. The SMILES string of the molecule is CC1C(c2ccccc2)c2ccccc2CN1CCC#N. The van der Waals surface area contributed by atoms with Gasteiger partial charge in [-0.3, -0.25) is 4.90 Å². The fourth-order valence-electron chi connectivity index (χ4n) is 3.41. The third-order valence-corrected chi connectivity index (χ3v) is 4.49. The van der Waals surface area contributed by atoms with Crippen LogP contribution < -0.4 is 0 Å². The van der Waals surface area contributed by atoms with Crippen molar-refractivity contribution < 1.29 is 0 Å². The second-order valence-electron chi connectivity index (χ2n) is 5.71. The minimum Gasteiger partial charge on any atom is -0.294 e. The number of fused-ring (bicyclic) bond motifs is 1. The molecule has 3 rings (SSSR count). The molecule has 2 aromatic carbocycles. The molecule has 1 heterocycles.